The number of nitrogens with two attached hydrogens (primary N) is 1. The number of fused-ring (bicyclic) bond motifs is 2. The predicted molar refractivity (Wildman–Crippen MR) is 95.5 cm³/mol. The van der Waals surface area contributed by atoms with Crippen molar-refractivity contribution in [2.24, 2.45) is 5.73 Å². The minimum absolute atomic E-state index is 0.0238. The zero-order valence-electron chi connectivity index (χ0n) is 14.2. The van der Waals surface area contributed by atoms with E-state index in [1.807, 2.05) is 42.5 Å². The summed E-state index contributed by atoms with van der Waals surface area (Å²) in [5.74, 6) is -1.40. The van der Waals surface area contributed by atoms with Crippen molar-refractivity contribution < 1.29 is 19.1 Å². The number of nitrogens with one attached hydrogen (secondary N) is 1. The van der Waals surface area contributed by atoms with Crippen LogP contribution in [0.1, 0.15) is 29.9 Å². The monoisotopic (exact) mass is 350 g/mol. The van der Waals surface area contributed by atoms with E-state index in [2.05, 4.69) is 5.32 Å². The summed E-state index contributed by atoms with van der Waals surface area (Å²) < 4.78 is 10.8. The third-order valence-electron chi connectivity index (χ3n) is 4.72. The van der Waals surface area contributed by atoms with Crippen LogP contribution in [0.4, 0.5) is 5.69 Å². The van der Waals surface area contributed by atoms with Gasteiger partial charge in [-0.05, 0) is 24.6 Å². The van der Waals surface area contributed by atoms with Gasteiger partial charge in [0.1, 0.15) is 11.3 Å². The Morgan fingerprint density at radius 1 is 1.12 bits per heavy atom. The third-order valence-corrected chi connectivity index (χ3v) is 4.72. The summed E-state index contributed by atoms with van der Waals surface area (Å²) in [5.41, 5.74) is 8.57. The van der Waals surface area contributed by atoms with E-state index in [4.69, 9.17) is 15.2 Å². The molecule has 132 valence electrons. The van der Waals surface area contributed by atoms with E-state index in [1.54, 1.807) is 13.0 Å². The van der Waals surface area contributed by atoms with E-state index in [9.17, 15) is 9.59 Å². The molecule has 1 amide bonds. The van der Waals surface area contributed by atoms with Gasteiger partial charge in [0.25, 0.3) is 0 Å². The van der Waals surface area contributed by atoms with Crippen molar-refractivity contribution in [1.82, 2.24) is 0 Å². The SMILES string of the molecule is CCOC(=O)C1=C(N)Oc2ccccc2C1C1C(=O)Nc2ccccc21. The number of hydrogen-bond donors (Lipinski definition) is 2. The Morgan fingerprint density at radius 3 is 2.58 bits per heavy atom. The minimum atomic E-state index is -0.589. The minimum Gasteiger partial charge on any atom is -0.462 e. The molecule has 0 saturated heterocycles. The fraction of sp³-hybridized carbons (Fsp3) is 0.200. The van der Waals surface area contributed by atoms with E-state index in [0.717, 1.165) is 16.8 Å². The van der Waals surface area contributed by atoms with Crippen LogP contribution >= 0.6 is 0 Å². The Bertz CT molecular complexity index is 935. The van der Waals surface area contributed by atoms with E-state index < -0.39 is 17.8 Å². The van der Waals surface area contributed by atoms with Crippen LogP contribution in [0.3, 0.4) is 0 Å². The molecule has 0 radical (unpaired) electrons. The van der Waals surface area contributed by atoms with Crippen molar-refractivity contribution in [2.75, 3.05) is 11.9 Å². The molecule has 6 nitrogen and oxygen atoms in total. The number of hydrogen-bond acceptors (Lipinski definition) is 5. The maximum Gasteiger partial charge on any atom is 0.340 e. The molecule has 4 rings (SSSR count). The van der Waals surface area contributed by atoms with Gasteiger partial charge in [-0.2, -0.15) is 0 Å². The summed E-state index contributed by atoms with van der Waals surface area (Å²) in [6.07, 6.45) is 0. The van der Waals surface area contributed by atoms with Gasteiger partial charge >= 0.3 is 5.97 Å². The number of carbonyl (C=O) groups is 2. The topological polar surface area (TPSA) is 90.7 Å². The van der Waals surface area contributed by atoms with Crippen molar-refractivity contribution in [3.8, 4) is 5.75 Å². The Hall–Kier alpha value is -3.28. The number of amides is 1. The molecule has 0 spiro atoms. The van der Waals surface area contributed by atoms with Crippen LogP contribution in [0.25, 0.3) is 0 Å². The highest BCUT2D eigenvalue weighted by molar-refractivity contribution is 6.05. The second kappa shape index (κ2) is 6.22. The van der Waals surface area contributed by atoms with Crippen molar-refractivity contribution in [2.45, 2.75) is 18.8 Å². The molecule has 0 aliphatic carbocycles. The van der Waals surface area contributed by atoms with Gasteiger partial charge in [0, 0.05) is 17.2 Å². The highest BCUT2D eigenvalue weighted by atomic mass is 16.5. The van der Waals surface area contributed by atoms with Gasteiger partial charge in [-0.1, -0.05) is 36.4 Å². The first-order valence-electron chi connectivity index (χ1n) is 8.45. The van der Waals surface area contributed by atoms with Crippen molar-refractivity contribution >= 4 is 17.6 Å². The molecule has 2 aliphatic heterocycles. The van der Waals surface area contributed by atoms with E-state index >= 15 is 0 Å². The van der Waals surface area contributed by atoms with E-state index in [0.29, 0.717) is 5.75 Å². The van der Waals surface area contributed by atoms with Gasteiger partial charge in [-0.15, -0.1) is 0 Å². The second-order valence-electron chi connectivity index (χ2n) is 6.17. The number of para-hydroxylation sites is 2. The van der Waals surface area contributed by atoms with Crippen LogP contribution in [-0.2, 0) is 14.3 Å². The zero-order chi connectivity index (χ0) is 18.3. The maximum atomic E-state index is 12.8. The fourth-order valence-corrected chi connectivity index (χ4v) is 3.66. The number of ether oxygens (including phenoxy) is 2. The van der Waals surface area contributed by atoms with Crippen LogP contribution in [0.5, 0.6) is 5.75 Å². The first-order chi connectivity index (χ1) is 12.6. The van der Waals surface area contributed by atoms with Crippen LogP contribution in [0.15, 0.2) is 60.0 Å². The Morgan fingerprint density at radius 2 is 1.81 bits per heavy atom. The Labute approximate surface area is 150 Å². The molecule has 3 N–H and O–H groups in total. The van der Waals surface area contributed by atoms with Crippen molar-refractivity contribution in [3.63, 3.8) is 0 Å². The highest BCUT2D eigenvalue weighted by Crippen LogP contribution is 2.50. The predicted octanol–water partition coefficient (Wildman–Crippen LogP) is 2.63. The van der Waals surface area contributed by atoms with Gasteiger partial charge in [0.2, 0.25) is 11.8 Å². The lowest BCUT2D eigenvalue weighted by atomic mass is 9.76. The number of benzene rings is 2. The van der Waals surface area contributed by atoms with E-state index in [-0.39, 0.29) is 24.0 Å². The average molecular weight is 350 g/mol. The molecular weight excluding hydrogens is 332 g/mol. The molecule has 2 aliphatic rings. The maximum absolute atomic E-state index is 12.8. The second-order valence-corrected chi connectivity index (χ2v) is 6.17. The lowest BCUT2D eigenvalue weighted by molar-refractivity contribution is -0.139. The normalized spacial score (nSPS) is 20.7. The smallest absolute Gasteiger partial charge is 0.340 e. The molecule has 0 bridgehead atoms. The first-order valence-corrected chi connectivity index (χ1v) is 8.45. The summed E-state index contributed by atoms with van der Waals surface area (Å²) in [6.45, 7) is 1.93. The zero-order valence-corrected chi connectivity index (χ0v) is 14.2. The molecule has 2 aromatic rings. The lowest BCUT2D eigenvalue weighted by Gasteiger charge is -2.31. The summed E-state index contributed by atoms with van der Waals surface area (Å²) in [5, 5.41) is 2.89. The highest BCUT2D eigenvalue weighted by Gasteiger charge is 2.45. The van der Waals surface area contributed by atoms with Gasteiger partial charge in [0.05, 0.1) is 12.5 Å². The number of esters is 1. The summed E-state index contributed by atoms with van der Waals surface area (Å²) >= 11 is 0. The molecule has 0 fully saturated rings. The largest absolute Gasteiger partial charge is 0.462 e. The van der Waals surface area contributed by atoms with Crippen molar-refractivity contribution in [1.29, 1.82) is 0 Å². The molecule has 2 unspecified atom stereocenters. The van der Waals surface area contributed by atoms with Gasteiger partial charge < -0.3 is 20.5 Å². The fourth-order valence-electron chi connectivity index (χ4n) is 3.66. The lowest BCUT2D eigenvalue weighted by Crippen LogP contribution is -2.32. The van der Waals surface area contributed by atoms with Crippen LogP contribution in [-0.4, -0.2) is 18.5 Å². The Kier molecular flexibility index (Phi) is 3.88. The molecule has 0 aromatic heterocycles. The van der Waals surface area contributed by atoms with Crippen LogP contribution in [0, 0.1) is 0 Å². The quantitative estimate of drug-likeness (QED) is 0.831. The van der Waals surface area contributed by atoms with Crippen molar-refractivity contribution in [3.05, 3.63) is 71.1 Å². The average Bonchev–Trinajstić information content (AvgIpc) is 2.96. The van der Waals surface area contributed by atoms with E-state index in [1.165, 1.54) is 0 Å². The molecule has 6 heteroatoms. The standard InChI is InChI=1S/C20H18N2O4/c1-2-25-20(24)17-15(12-8-4-6-10-14(12)26-18(17)21)16-11-7-3-5-9-13(11)22-19(16)23/h3-10,15-16H,2,21H2,1H3,(H,22,23). The third kappa shape index (κ3) is 2.42. The molecule has 2 aromatic carbocycles. The molecule has 2 atom stereocenters. The molecular formula is C20H18N2O4. The molecule has 0 saturated carbocycles. The Balaban J connectivity index is 1.91. The molecule has 2 heterocycles. The van der Waals surface area contributed by atoms with Crippen LogP contribution < -0.4 is 15.8 Å². The summed E-state index contributed by atoms with van der Waals surface area (Å²) in [6, 6.07) is 14.7. The summed E-state index contributed by atoms with van der Waals surface area (Å²) in [4.78, 5) is 25.4. The van der Waals surface area contributed by atoms with Gasteiger partial charge in [-0.3, -0.25) is 4.79 Å². The number of anilines is 1. The first kappa shape index (κ1) is 16.2. The number of carbonyl (C=O) groups excluding carboxylic acids is 2. The van der Waals surface area contributed by atoms with Gasteiger partial charge in [0.15, 0.2) is 0 Å². The van der Waals surface area contributed by atoms with Crippen LogP contribution in [0.2, 0.25) is 0 Å². The summed E-state index contributed by atoms with van der Waals surface area (Å²) in [7, 11) is 0. The van der Waals surface area contributed by atoms with Gasteiger partial charge in [-0.25, -0.2) is 4.79 Å². The molecule has 26 heavy (non-hydrogen) atoms. The number of rotatable bonds is 3.